The van der Waals surface area contributed by atoms with Gasteiger partial charge in [0.05, 0.1) is 5.71 Å². The fourth-order valence-electron chi connectivity index (χ4n) is 2.07. The Balaban J connectivity index is 1.91. The largest absolute Gasteiger partial charge is 0.357 e. The molecule has 4 heteroatoms. The van der Waals surface area contributed by atoms with Crippen LogP contribution in [0.5, 0.6) is 0 Å². The molecule has 0 aromatic heterocycles. The van der Waals surface area contributed by atoms with Crippen LogP contribution in [0.1, 0.15) is 30.9 Å². The van der Waals surface area contributed by atoms with Crippen molar-refractivity contribution in [3.63, 3.8) is 0 Å². The van der Waals surface area contributed by atoms with E-state index in [0.717, 1.165) is 24.1 Å². The Morgan fingerprint density at radius 2 is 1.64 bits per heavy atom. The summed E-state index contributed by atoms with van der Waals surface area (Å²) in [6.07, 6.45) is 1.96. The fourth-order valence-corrected chi connectivity index (χ4v) is 2.19. The van der Waals surface area contributed by atoms with Gasteiger partial charge in [-0.3, -0.25) is 5.43 Å². The fraction of sp³-hybridized carbons (Fsp3) is 0.222. The number of nitrogens with zero attached hydrogens (tertiary/aromatic N) is 1. The molecule has 2 N–H and O–H groups in total. The minimum absolute atomic E-state index is 0.536. The molecule has 0 aliphatic rings. The number of rotatable bonds is 6. The molecule has 0 bridgehead atoms. The van der Waals surface area contributed by atoms with Crippen molar-refractivity contribution in [2.45, 2.75) is 26.3 Å². The third-order valence-corrected chi connectivity index (χ3v) is 3.42. The van der Waals surface area contributed by atoms with Crippen molar-refractivity contribution in [1.82, 2.24) is 10.7 Å². The molecule has 114 valence electrons. The third-order valence-electron chi connectivity index (χ3n) is 3.18. The highest BCUT2D eigenvalue weighted by atomic mass is 32.1. The number of hydrogen-bond acceptors (Lipinski definition) is 2. The van der Waals surface area contributed by atoms with Gasteiger partial charge >= 0.3 is 0 Å². The van der Waals surface area contributed by atoms with Crippen LogP contribution < -0.4 is 10.7 Å². The first-order valence-electron chi connectivity index (χ1n) is 7.49. The Bertz CT molecular complexity index is 609. The zero-order valence-electron chi connectivity index (χ0n) is 12.8. The Morgan fingerprint density at radius 3 is 2.27 bits per heavy atom. The topological polar surface area (TPSA) is 36.4 Å². The molecule has 0 radical (unpaired) electrons. The molecule has 0 saturated carbocycles. The van der Waals surface area contributed by atoms with Crippen molar-refractivity contribution >= 4 is 23.0 Å². The van der Waals surface area contributed by atoms with E-state index in [2.05, 4.69) is 47.0 Å². The minimum Gasteiger partial charge on any atom is -0.357 e. The van der Waals surface area contributed by atoms with Crippen molar-refractivity contribution < 1.29 is 0 Å². The van der Waals surface area contributed by atoms with E-state index >= 15 is 0 Å². The summed E-state index contributed by atoms with van der Waals surface area (Å²) in [5.41, 5.74) is 6.28. The van der Waals surface area contributed by atoms with Gasteiger partial charge in [0.2, 0.25) is 0 Å². The summed E-state index contributed by atoms with van der Waals surface area (Å²) < 4.78 is 0. The summed E-state index contributed by atoms with van der Waals surface area (Å²) in [5, 5.41) is 8.16. The number of nitrogens with one attached hydrogen (secondary N) is 2. The first-order valence-corrected chi connectivity index (χ1v) is 7.90. The van der Waals surface area contributed by atoms with Crippen LogP contribution >= 0.6 is 12.2 Å². The number of hydrogen-bond donors (Lipinski definition) is 2. The smallest absolute Gasteiger partial charge is 0.187 e. The van der Waals surface area contributed by atoms with Gasteiger partial charge in [-0.05, 0) is 29.8 Å². The predicted molar refractivity (Wildman–Crippen MR) is 96.9 cm³/mol. The van der Waals surface area contributed by atoms with Gasteiger partial charge in [-0.2, -0.15) is 5.10 Å². The highest BCUT2D eigenvalue weighted by molar-refractivity contribution is 7.80. The molecule has 0 amide bonds. The maximum absolute atomic E-state index is 5.28. The van der Waals surface area contributed by atoms with Crippen LogP contribution in [0, 0.1) is 0 Å². The van der Waals surface area contributed by atoms with Crippen LogP contribution in [0.2, 0.25) is 0 Å². The van der Waals surface area contributed by atoms with Crippen LogP contribution in [0.3, 0.4) is 0 Å². The molecule has 0 fully saturated rings. The molecular formula is C18H21N3S. The summed E-state index contributed by atoms with van der Waals surface area (Å²) >= 11 is 5.28. The summed E-state index contributed by atoms with van der Waals surface area (Å²) in [5.74, 6) is 0. The lowest BCUT2D eigenvalue weighted by atomic mass is 10.1. The normalized spacial score (nSPS) is 11.0. The molecule has 0 aliphatic carbocycles. The van der Waals surface area contributed by atoms with Crippen molar-refractivity contribution in [2.24, 2.45) is 5.10 Å². The zero-order valence-corrected chi connectivity index (χ0v) is 13.6. The van der Waals surface area contributed by atoms with Gasteiger partial charge in [-0.1, -0.05) is 74.0 Å². The van der Waals surface area contributed by atoms with E-state index in [9.17, 15) is 0 Å². The monoisotopic (exact) mass is 311 g/mol. The second kappa shape index (κ2) is 8.95. The molecule has 2 aromatic carbocycles. The minimum atomic E-state index is 0.536. The lowest BCUT2D eigenvalue weighted by molar-refractivity contribution is 0.860. The van der Waals surface area contributed by atoms with Crippen molar-refractivity contribution in [1.29, 1.82) is 0 Å². The van der Waals surface area contributed by atoms with Crippen LogP contribution in [-0.4, -0.2) is 10.8 Å². The predicted octanol–water partition coefficient (Wildman–Crippen LogP) is 3.86. The standard InChI is InChI=1S/C18H21N3S/c1-2-9-17(16-12-7-4-8-13-16)20-21-18(22)19-14-15-10-5-3-6-11-15/h3-8,10-13H,2,9,14H2,1H3,(H2,19,21,22). The lowest BCUT2D eigenvalue weighted by Crippen LogP contribution is -2.32. The molecular weight excluding hydrogens is 290 g/mol. The van der Waals surface area contributed by atoms with E-state index < -0.39 is 0 Å². The van der Waals surface area contributed by atoms with Gasteiger partial charge in [0, 0.05) is 6.54 Å². The summed E-state index contributed by atoms with van der Waals surface area (Å²) in [4.78, 5) is 0. The van der Waals surface area contributed by atoms with Crippen LogP contribution in [0.15, 0.2) is 65.8 Å². The first kappa shape index (κ1) is 16.2. The molecule has 2 aromatic rings. The average Bonchev–Trinajstić information content (AvgIpc) is 2.58. The molecule has 0 atom stereocenters. The maximum Gasteiger partial charge on any atom is 0.187 e. The summed E-state index contributed by atoms with van der Waals surface area (Å²) in [7, 11) is 0. The van der Waals surface area contributed by atoms with Gasteiger partial charge in [0.15, 0.2) is 5.11 Å². The highest BCUT2D eigenvalue weighted by Crippen LogP contribution is 2.06. The van der Waals surface area contributed by atoms with E-state index in [1.807, 2.05) is 36.4 Å². The Morgan fingerprint density at radius 1 is 1.00 bits per heavy atom. The van der Waals surface area contributed by atoms with E-state index in [-0.39, 0.29) is 0 Å². The van der Waals surface area contributed by atoms with E-state index in [4.69, 9.17) is 12.2 Å². The Hall–Kier alpha value is -2.20. The van der Waals surface area contributed by atoms with Gasteiger partial charge in [-0.25, -0.2) is 0 Å². The number of hydrazone groups is 1. The Labute approximate surface area is 137 Å². The highest BCUT2D eigenvalue weighted by Gasteiger charge is 2.02. The maximum atomic E-state index is 5.28. The Kier molecular flexibility index (Phi) is 6.58. The molecule has 0 unspecified atom stereocenters. The van der Waals surface area contributed by atoms with Crippen molar-refractivity contribution in [2.75, 3.05) is 0 Å². The number of thiocarbonyl (C=S) groups is 1. The third kappa shape index (κ3) is 5.30. The second-order valence-electron chi connectivity index (χ2n) is 4.95. The SMILES string of the molecule is CCCC(=NNC(=S)NCc1ccccc1)c1ccccc1. The average molecular weight is 311 g/mol. The van der Waals surface area contributed by atoms with Crippen molar-refractivity contribution in [3.05, 3.63) is 71.8 Å². The summed E-state index contributed by atoms with van der Waals surface area (Å²) in [6.45, 7) is 2.83. The van der Waals surface area contributed by atoms with E-state index in [1.165, 1.54) is 5.56 Å². The molecule has 0 saturated heterocycles. The van der Waals surface area contributed by atoms with Gasteiger partial charge < -0.3 is 5.32 Å². The van der Waals surface area contributed by atoms with E-state index in [1.54, 1.807) is 0 Å². The van der Waals surface area contributed by atoms with Gasteiger partial charge in [0.1, 0.15) is 0 Å². The molecule has 0 spiro atoms. The van der Waals surface area contributed by atoms with Gasteiger partial charge in [-0.15, -0.1) is 0 Å². The first-order chi connectivity index (χ1) is 10.8. The van der Waals surface area contributed by atoms with Crippen LogP contribution in [0.4, 0.5) is 0 Å². The number of benzene rings is 2. The quantitative estimate of drug-likeness (QED) is 0.483. The van der Waals surface area contributed by atoms with Crippen LogP contribution in [0.25, 0.3) is 0 Å². The molecule has 2 rings (SSSR count). The van der Waals surface area contributed by atoms with Gasteiger partial charge in [0.25, 0.3) is 0 Å². The second-order valence-corrected chi connectivity index (χ2v) is 5.36. The van der Waals surface area contributed by atoms with Crippen molar-refractivity contribution in [3.8, 4) is 0 Å². The zero-order chi connectivity index (χ0) is 15.6. The van der Waals surface area contributed by atoms with Crippen LogP contribution in [-0.2, 0) is 6.54 Å². The summed E-state index contributed by atoms with van der Waals surface area (Å²) in [6, 6.07) is 20.3. The molecule has 3 nitrogen and oxygen atoms in total. The lowest BCUT2D eigenvalue weighted by Gasteiger charge is -2.09. The van der Waals surface area contributed by atoms with E-state index in [0.29, 0.717) is 11.7 Å². The molecule has 0 heterocycles. The molecule has 0 aliphatic heterocycles. The molecule has 22 heavy (non-hydrogen) atoms.